The van der Waals surface area contributed by atoms with Crippen LogP contribution < -0.4 is 19.7 Å². The Balaban J connectivity index is 1.04. The molecule has 2 aromatic heterocycles. The minimum Gasteiger partial charge on any atom is -0.455 e. The fraction of sp³-hybridized carbons (Fsp3) is 0.238. The maximum atomic E-state index is 13.8. The Labute approximate surface area is 323 Å². The summed E-state index contributed by atoms with van der Waals surface area (Å²) in [4.78, 5) is 34.5. The van der Waals surface area contributed by atoms with Crippen molar-refractivity contribution in [3.05, 3.63) is 137 Å². The number of H-pyrrole nitrogens is 1. The van der Waals surface area contributed by atoms with Gasteiger partial charge in [0.25, 0.3) is 21.6 Å². The number of hydrogen-bond acceptors (Lipinski definition) is 10. The van der Waals surface area contributed by atoms with Crippen LogP contribution in [0.3, 0.4) is 0 Å². The Bertz CT molecular complexity index is 2490. The van der Waals surface area contributed by atoms with Crippen molar-refractivity contribution in [2.24, 2.45) is 5.92 Å². The average Bonchev–Trinajstić information content (AvgIpc) is 3.91. The number of benzene rings is 4. The molecule has 13 nitrogen and oxygen atoms in total. The molecule has 6 aromatic rings. The number of sulfonamides is 1. The first-order valence-corrected chi connectivity index (χ1v) is 20.0. The maximum absolute atomic E-state index is 13.8. The molecule has 286 valence electrons. The van der Waals surface area contributed by atoms with E-state index in [4.69, 9.17) is 9.47 Å². The number of nitro benzene ring substituents is 1. The monoisotopic (exact) mass is 772 g/mol. The molecule has 0 radical (unpaired) electrons. The number of carbonyl (C=O) groups is 1. The molecule has 0 bridgehead atoms. The Morgan fingerprint density at radius 3 is 2.52 bits per heavy atom. The number of hydrogen-bond donors (Lipinski definition) is 3. The van der Waals surface area contributed by atoms with Crippen molar-refractivity contribution in [3.8, 4) is 22.6 Å². The van der Waals surface area contributed by atoms with Crippen molar-refractivity contribution in [1.82, 2.24) is 14.7 Å². The first kappa shape index (κ1) is 36.7. The standard InChI is InChI=1S/C42H40N6O7S/c49-42(46-56(52,53)36-11-13-38(39(24-36)48(50)51)44-25-28-16-20-54-21-17-28)37-12-8-31(23-40(37)55-35-22-32-14-18-43-41(32)45-26-35)30-6-9-34(10-7-30)47-19-15-33(27-47)29-4-2-1-3-5-29/h1-14,18,22-24,26,28,33,44H,15-17,19-21,25,27H2,(H,43,45)(H,46,49). The van der Waals surface area contributed by atoms with E-state index in [0.717, 1.165) is 60.6 Å². The summed E-state index contributed by atoms with van der Waals surface area (Å²) in [6.45, 7) is 3.62. The van der Waals surface area contributed by atoms with Gasteiger partial charge in [-0.2, -0.15) is 0 Å². The molecule has 2 fully saturated rings. The van der Waals surface area contributed by atoms with Crippen LogP contribution in [0.15, 0.2) is 120 Å². The first-order chi connectivity index (χ1) is 27.2. The average molecular weight is 773 g/mol. The van der Waals surface area contributed by atoms with Crippen LogP contribution in [0.25, 0.3) is 22.2 Å². The molecule has 0 aliphatic carbocycles. The van der Waals surface area contributed by atoms with Crippen LogP contribution >= 0.6 is 0 Å². The molecule has 3 N–H and O–H groups in total. The van der Waals surface area contributed by atoms with Gasteiger partial charge in [0.05, 0.1) is 21.6 Å². The predicted molar refractivity (Wildman–Crippen MR) is 214 cm³/mol. The van der Waals surface area contributed by atoms with Gasteiger partial charge in [0, 0.05) is 62.1 Å². The van der Waals surface area contributed by atoms with E-state index < -0.39 is 31.4 Å². The SMILES string of the molecule is O=C(NS(=O)(=O)c1ccc(NCC2CCOCC2)c([N+](=O)[O-])c1)c1ccc(-c2ccc(N3CCC(c4ccccc4)C3)cc2)cc1Oc1cnc2[nH]ccc2c1. The molecular weight excluding hydrogens is 733 g/mol. The fourth-order valence-corrected chi connectivity index (χ4v) is 8.34. The largest absolute Gasteiger partial charge is 0.455 e. The van der Waals surface area contributed by atoms with E-state index in [-0.39, 0.29) is 22.9 Å². The van der Waals surface area contributed by atoms with Gasteiger partial charge in [-0.15, -0.1) is 0 Å². The van der Waals surface area contributed by atoms with E-state index in [9.17, 15) is 23.3 Å². The van der Waals surface area contributed by atoms with Gasteiger partial charge in [0.1, 0.15) is 22.8 Å². The second-order valence-corrected chi connectivity index (χ2v) is 15.8. The van der Waals surface area contributed by atoms with Crippen molar-refractivity contribution < 1.29 is 27.6 Å². The van der Waals surface area contributed by atoms with Crippen LogP contribution in [0.4, 0.5) is 17.1 Å². The van der Waals surface area contributed by atoms with Gasteiger partial charge in [0.15, 0.2) is 0 Å². The summed E-state index contributed by atoms with van der Waals surface area (Å²) in [5, 5.41) is 15.9. The highest BCUT2D eigenvalue weighted by molar-refractivity contribution is 7.90. The van der Waals surface area contributed by atoms with E-state index in [0.29, 0.717) is 37.1 Å². The van der Waals surface area contributed by atoms with Crippen LogP contribution in [0.1, 0.15) is 41.1 Å². The van der Waals surface area contributed by atoms with Gasteiger partial charge >= 0.3 is 0 Å². The van der Waals surface area contributed by atoms with Gasteiger partial charge in [-0.25, -0.2) is 18.1 Å². The van der Waals surface area contributed by atoms with Gasteiger partial charge in [-0.1, -0.05) is 48.5 Å². The van der Waals surface area contributed by atoms with Crippen LogP contribution in [0, 0.1) is 16.0 Å². The summed E-state index contributed by atoms with van der Waals surface area (Å²) in [5.74, 6) is 0.209. The molecule has 1 atom stereocenters. The van der Waals surface area contributed by atoms with Crippen LogP contribution in [-0.2, 0) is 14.8 Å². The van der Waals surface area contributed by atoms with Crippen molar-refractivity contribution >= 4 is 44.0 Å². The maximum Gasteiger partial charge on any atom is 0.293 e. The third-order valence-corrected chi connectivity index (χ3v) is 11.8. The van der Waals surface area contributed by atoms with Crippen molar-refractivity contribution in [3.63, 3.8) is 0 Å². The number of fused-ring (bicyclic) bond motifs is 1. The summed E-state index contributed by atoms with van der Waals surface area (Å²) in [6, 6.07) is 30.8. The highest BCUT2D eigenvalue weighted by Gasteiger charge is 2.27. The molecule has 4 heterocycles. The third-order valence-electron chi connectivity index (χ3n) is 10.5. The first-order valence-electron chi connectivity index (χ1n) is 18.5. The molecule has 14 heteroatoms. The summed E-state index contributed by atoms with van der Waals surface area (Å²) in [7, 11) is -4.55. The minimum atomic E-state index is -4.55. The zero-order valence-corrected chi connectivity index (χ0v) is 31.2. The number of anilines is 2. The summed E-state index contributed by atoms with van der Waals surface area (Å²) >= 11 is 0. The highest BCUT2D eigenvalue weighted by Crippen LogP contribution is 2.35. The van der Waals surface area contributed by atoms with Crippen molar-refractivity contribution in [1.29, 1.82) is 0 Å². The van der Waals surface area contributed by atoms with Crippen molar-refractivity contribution in [2.45, 2.75) is 30.1 Å². The number of nitrogens with one attached hydrogen (secondary N) is 3. The zero-order valence-electron chi connectivity index (χ0n) is 30.4. The van der Waals surface area contributed by atoms with Gasteiger partial charge in [-0.3, -0.25) is 14.9 Å². The van der Waals surface area contributed by atoms with E-state index in [1.54, 1.807) is 24.4 Å². The Kier molecular flexibility index (Phi) is 10.4. The van der Waals surface area contributed by atoms with Crippen molar-refractivity contribution in [2.75, 3.05) is 43.1 Å². The number of carbonyl (C=O) groups excluding carboxylic acids is 1. The lowest BCUT2D eigenvalue weighted by Crippen LogP contribution is -2.31. The molecule has 56 heavy (non-hydrogen) atoms. The topological polar surface area (TPSA) is 169 Å². The second kappa shape index (κ2) is 15.8. The minimum absolute atomic E-state index is 0.0589. The smallest absolute Gasteiger partial charge is 0.293 e. The summed E-state index contributed by atoms with van der Waals surface area (Å²) < 4.78 is 40.9. The molecule has 2 saturated heterocycles. The fourth-order valence-electron chi connectivity index (χ4n) is 7.35. The summed E-state index contributed by atoms with van der Waals surface area (Å²) in [5.41, 5.74) is 4.43. The Morgan fingerprint density at radius 1 is 0.946 bits per heavy atom. The number of ether oxygens (including phenoxy) is 2. The number of nitrogens with zero attached hydrogens (tertiary/aromatic N) is 3. The third kappa shape index (κ3) is 8.07. The second-order valence-electron chi connectivity index (χ2n) is 14.1. The van der Waals surface area contributed by atoms with Gasteiger partial charge in [0.2, 0.25) is 0 Å². The van der Waals surface area contributed by atoms with E-state index in [2.05, 4.69) is 61.3 Å². The van der Waals surface area contributed by atoms with E-state index >= 15 is 0 Å². The number of aromatic nitrogens is 2. The van der Waals surface area contributed by atoms with Crippen LogP contribution in [0.5, 0.6) is 11.5 Å². The van der Waals surface area contributed by atoms with Gasteiger partial charge < -0.3 is 24.7 Å². The number of rotatable bonds is 12. The lowest BCUT2D eigenvalue weighted by atomic mass is 9.99. The highest BCUT2D eigenvalue weighted by atomic mass is 32.2. The van der Waals surface area contributed by atoms with Gasteiger partial charge in [-0.05, 0) is 90.4 Å². The molecule has 1 amide bonds. The number of aromatic amines is 1. The molecule has 4 aromatic carbocycles. The Morgan fingerprint density at radius 2 is 1.73 bits per heavy atom. The molecule has 0 spiro atoms. The molecular formula is C42H40N6O7S. The molecule has 2 aliphatic rings. The molecule has 2 aliphatic heterocycles. The van der Waals surface area contributed by atoms with E-state index in [1.165, 1.54) is 30.0 Å². The molecule has 1 unspecified atom stereocenters. The number of amides is 1. The molecule has 0 saturated carbocycles. The normalized spacial score (nSPS) is 16.1. The number of nitro groups is 1. The zero-order chi connectivity index (χ0) is 38.6. The van der Waals surface area contributed by atoms with Crippen LogP contribution in [0.2, 0.25) is 0 Å². The lowest BCUT2D eigenvalue weighted by Gasteiger charge is -2.22. The van der Waals surface area contributed by atoms with Crippen LogP contribution in [-0.4, -0.2) is 62.1 Å². The molecule has 8 rings (SSSR count). The summed E-state index contributed by atoms with van der Waals surface area (Å²) in [6.07, 6.45) is 5.98. The van der Waals surface area contributed by atoms with E-state index in [1.807, 2.05) is 24.3 Å². The Hall–Kier alpha value is -6.25. The number of pyridine rings is 1. The predicted octanol–water partition coefficient (Wildman–Crippen LogP) is 7.88. The lowest BCUT2D eigenvalue weighted by molar-refractivity contribution is -0.384. The quantitative estimate of drug-likeness (QED) is 0.0822.